The molecular formula is C12H8Cl2N2O2. The Morgan fingerprint density at radius 3 is 2.72 bits per heavy atom. The minimum atomic E-state index is -1.50. The van der Waals surface area contributed by atoms with Crippen molar-refractivity contribution in [3.8, 4) is 0 Å². The van der Waals surface area contributed by atoms with E-state index in [2.05, 4.69) is 4.98 Å². The molecule has 92 valence electrons. The normalized spacial score (nSPS) is 21.8. The Morgan fingerprint density at radius 1 is 1.28 bits per heavy atom. The van der Waals surface area contributed by atoms with Gasteiger partial charge in [-0.2, -0.15) is 0 Å². The molecule has 1 aliphatic heterocycles. The van der Waals surface area contributed by atoms with Gasteiger partial charge in [-0.1, -0.05) is 29.3 Å². The molecule has 1 aliphatic rings. The zero-order valence-electron chi connectivity index (χ0n) is 9.09. The highest BCUT2D eigenvalue weighted by Crippen LogP contribution is 2.52. The van der Waals surface area contributed by atoms with Gasteiger partial charge in [0.05, 0.1) is 6.26 Å². The number of alkyl halides is 2. The summed E-state index contributed by atoms with van der Waals surface area (Å²) in [4.78, 5) is 17.5. The Balaban J connectivity index is 2.02. The third-order valence-corrected chi connectivity index (χ3v) is 3.55. The number of anilines is 1. The number of β-lactam (4-membered cyclic amide) rings is 1. The molecule has 0 aliphatic carbocycles. The van der Waals surface area contributed by atoms with E-state index in [1.807, 2.05) is 0 Å². The van der Waals surface area contributed by atoms with Gasteiger partial charge < -0.3 is 4.42 Å². The Kier molecular flexibility index (Phi) is 2.57. The van der Waals surface area contributed by atoms with Crippen molar-refractivity contribution in [3.63, 3.8) is 0 Å². The van der Waals surface area contributed by atoms with Crippen LogP contribution in [0.4, 0.5) is 5.82 Å². The van der Waals surface area contributed by atoms with Crippen LogP contribution >= 0.6 is 23.2 Å². The summed E-state index contributed by atoms with van der Waals surface area (Å²) < 4.78 is 3.78. The summed E-state index contributed by atoms with van der Waals surface area (Å²) in [5.74, 6) is 0.636. The van der Waals surface area contributed by atoms with Crippen molar-refractivity contribution < 1.29 is 9.21 Å². The number of hydrogen-bond donors (Lipinski definition) is 0. The second kappa shape index (κ2) is 4.00. The Morgan fingerprint density at radius 2 is 2.11 bits per heavy atom. The maximum absolute atomic E-state index is 12.0. The van der Waals surface area contributed by atoms with E-state index in [4.69, 9.17) is 27.6 Å². The van der Waals surface area contributed by atoms with E-state index in [0.717, 1.165) is 0 Å². The zero-order valence-corrected chi connectivity index (χ0v) is 10.6. The van der Waals surface area contributed by atoms with Crippen molar-refractivity contribution in [2.75, 3.05) is 4.90 Å². The zero-order chi connectivity index (χ0) is 12.8. The molecule has 4 nitrogen and oxygen atoms in total. The minimum absolute atomic E-state index is 0.397. The predicted octanol–water partition coefficient (Wildman–Crippen LogP) is 2.94. The van der Waals surface area contributed by atoms with Crippen LogP contribution in [0.15, 0.2) is 47.2 Å². The van der Waals surface area contributed by atoms with Gasteiger partial charge in [0.25, 0.3) is 5.91 Å². The van der Waals surface area contributed by atoms with Crippen molar-refractivity contribution in [2.24, 2.45) is 0 Å². The summed E-state index contributed by atoms with van der Waals surface area (Å²) >= 11 is 12.1. The smallest absolute Gasteiger partial charge is 0.268 e. The Hall–Kier alpha value is -1.52. The quantitative estimate of drug-likeness (QED) is 0.629. The molecule has 0 bridgehead atoms. The number of furan rings is 1. The number of pyridine rings is 1. The summed E-state index contributed by atoms with van der Waals surface area (Å²) in [6.45, 7) is 0. The van der Waals surface area contributed by atoms with E-state index in [-0.39, 0.29) is 0 Å². The molecule has 18 heavy (non-hydrogen) atoms. The van der Waals surface area contributed by atoms with Crippen molar-refractivity contribution >= 4 is 34.9 Å². The van der Waals surface area contributed by atoms with E-state index in [1.165, 1.54) is 11.2 Å². The van der Waals surface area contributed by atoms with Gasteiger partial charge in [-0.3, -0.25) is 9.69 Å². The summed E-state index contributed by atoms with van der Waals surface area (Å²) in [5.41, 5.74) is 0. The van der Waals surface area contributed by atoms with E-state index >= 15 is 0 Å². The van der Waals surface area contributed by atoms with Crippen LogP contribution in [0.2, 0.25) is 0 Å². The van der Waals surface area contributed by atoms with Crippen molar-refractivity contribution in [1.82, 2.24) is 4.98 Å². The molecule has 0 spiro atoms. The third-order valence-electron chi connectivity index (χ3n) is 2.81. The highest BCUT2D eigenvalue weighted by Gasteiger charge is 2.62. The maximum Gasteiger partial charge on any atom is 0.268 e. The third kappa shape index (κ3) is 1.53. The van der Waals surface area contributed by atoms with E-state index in [9.17, 15) is 4.79 Å². The van der Waals surface area contributed by atoms with Gasteiger partial charge in [0.15, 0.2) is 0 Å². The second-order valence-corrected chi connectivity index (χ2v) is 5.29. The van der Waals surface area contributed by atoms with Gasteiger partial charge in [-0.15, -0.1) is 0 Å². The summed E-state index contributed by atoms with van der Waals surface area (Å²) in [6.07, 6.45) is 3.11. The number of carbonyl (C=O) groups excluding carboxylic acids is 1. The van der Waals surface area contributed by atoms with Crippen LogP contribution in [0.25, 0.3) is 0 Å². The molecule has 1 amide bonds. The van der Waals surface area contributed by atoms with E-state index in [0.29, 0.717) is 11.6 Å². The molecule has 0 aromatic carbocycles. The summed E-state index contributed by atoms with van der Waals surface area (Å²) in [6, 6.07) is 8.17. The molecule has 1 fully saturated rings. The second-order valence-electron chi connectivity index (χ2n) is 3.90. The van der Waals surface area contributed by atoms with Crippen LogP contribution in [0.3, 0.4) is 0 Å². The number of hydrogen-bond acceptors (Lipinski definition) is 3. The standard InChI is InChI=1S/C12H8Cl2N2O2/c13-12(14)10(8-4-3-7-18-8)16(11(12)17)9-5-1-2-6-15-9/h1-7,10H. The Labute approximate surface area is 113 Å². The molecule has 2 aromatic heterocycles. The molecule has 0 N–H and O–H groups in total. The molecule has 2 aromatic rings. The molecule has 0 saturated carbocycles. The topological polar surface area (TPSA) is 46.3 Å². The number of nitrogens with zero attached hydrogens (tertiary/aromatic N) is 2. The van der Waals surface area contributed by atoms with Crippen molar-refractivity contribution in [3.05, 3.63) is 48.6 Å². The van der Waals surface area contributed by atoms with Gasteiger partial charge in [-0.25, -0.2) is 4.98 Å². The fourth-order valence-electron chi connectivity index (χ4n) is 1.98. The van der Waals surface area contributed by atoms with Crippen LogP contribution in [-0.2, 0) is 4.79 Å². The van der Waals surface area contributed by atoms with Gasteiger partial charge in [0.1, 0.15) is 17.6 Å². The lowest BCUT2D eigenvalue weighted by Crippen LogP contribution is -2.63. The highest BCUT2D eigenvalue weighted by molar-refractivity contribution is 6.62. The van der Waals surface area contributed by atoms with Crippen LogP contribution < -0.4 is 4.90 Å². The first kappa shape index (κ1) is 11.6. The van der Waals surface area contributed by atoms with Gasteiger partial charge in [0.2, 0.25) is 4.33 Å². The van der Waals surface area contributed by atoms with Crippen LogP contribution in [-0.4, -0.2) is 15.2 Å². The maximum atomic E-state index is 12.0. The van der Waals surface area contributed by atoms with Gasteiger partial charge in [-0.05, 0) is 24.3 Å². The lowest BCUT2D eigenvalue weighted by molar-refractivity contribution is -0.125. The van der Waals surface area contributed by atoms with E-state index in [1.54, 1.807) is 36.5 Å². The first-order valence-electron chi connectivity index (χ1n) is 5.28. The molecule has 3 heterocycles. The molecule has 1 saturated heterocycles. The lowest BCUT2D eigenvalue weighted by atomic mass is 9.98. The van der Waals surface area contributed by atoms with Crippen LogP contribution in [0.5, 0.6) is 0 Å². The van der Waals surface area contributed by atoms with E-state index < -0.39 is 16.3 Å². The first-order chi connectivity index (χ1) is 8.62. The summed E-state index contributed by atoms with van der Waals surface area (Å²) in [5, 5.41) is 0. The number of amides is 1. The number of halogens is 2. The molecule has 1 unspecified atom stereocenters. The number of rotatable bonds is 2. The summed E-state index contributed by atoms with van der Waals surface area (Å²) in [7, 11) is 0. The highest BCUT2D eigenvalue weighted by atomic mass is 35.5. The van der Waals surface area contributed by atoms with Crippen LogP contribution in [0.1, 0.15) is 11.8 Å². The monoisotopic (exact) mass is 282 g/mol. The molecule has 3 rings (SSSR count). The van der Waals surface area contributed by atoms with Gasteiger partial charge in [0, 0.05) is 6.20 Å². The predicted molar refractivity (Wildman–Crippen MR) is 67.6 cm³/mol. The lowest BCUT2D eigenvalue weighted by Gasteiger charge is -2.47. The Bertz CT molecular complexity index is 569. The largest absolute Gasteiger partial charge is 0.467 e. The molecule has 0 radical (unpaired) electrons. The minimum Gasteiger partial charge on any atom is -0.467 e. The SMILES string of the molecule is O=C1N(c2ccccn2)C(c2ccco2)C1(Cl)Cl. The average Bonchev–Trinajstić information content (AvgIpc) is 2.89. The van der Waals surface area contributed by atoms with Gasteiger partial charge >= 0.3 is 0 Å². The molecular weight excluding hydrogens is 275 g/mol. The molecule has 1 atom stereocenters. The average molecular weight is 283 g/mol. The fourth-order valence-corrected chi connectivity index (χ4v) is 2.57. The van der Waals surface area contributed by atoms with Crippen LogP contribution in [0, 0.1) is 0 Å². The van der Waals surface area contributed by atoms with Crippen molar-refractivity contribution in [1.29, 1.82) is 0 Å². The van der Waals surface area contributed by atoms with Crippen molar-refractivity contribution in [2.45, 2.75) is 10.4 Å². The number of carbonyl (C=O) groups is 1. The number of aromatic nitrogens is 1. The fraction of sp³-hybridized carbons (Fsp3) is 0.167. The molecule has 6 heteroatoms. The first-order valence-corrected chi connectivity index (χ1v) is 6.04.